The van der Waals surface area contributed by atoms with Gasteiger partial charge in [-0.25, -0.2) is 0 Å². The number of halogens is 4. The van der Waals surface area contributed by atoms with Gasteiger partial charge in [-0.05, 0) is 37.3 Å². The Bertz CT molecular complexity index is 737. The van der Waals surface area contributed by atoms with Crippen LogP contribution >= 0.6 is 24.0 Å². The zero-order valence-corrected chi connectivity index (χ0v) is 20.1. The molecule has 1 saturated heterocycles. The number of piperidine rings is 1. The number of hydrogen-bond acceptors (Lipinski definition) is 2. The Balaban J connectivity index is 0.00000450. The van der Waals surface area contributed by atoms with E-state index < -0.39 is 17.2 Å². The van der Waals surface area contributed by atoms with Gasteiger partial charge in [-0.1, -0.05) is 32.0 Å². The molecular formula is C21H32F3IN4O. The van der Waals surface area contributed by atoms with Crippen molar-refractivity contribution in [1.29, 1.82) is 0 Å². The maximum atomic E-state index is 13.1. The lowest BCUT2D eigenvalue weighted by Crippen LogP contribution is -2.47. The zero-order chi connectivity index (χ0) is 21.7. The minimum Gasteiger partial charge on any atom is -0.370 e. The van der Waals surface area contributed by atoms with E-state index in [4.69, 9.17) is 10.7 Å². The van der Waals surface area contributed by atoms with Crippen molar-refractivity contribution in [1.82, 2.24) is 10.2 Å². The zero-order valence-electron chi connectivity index (χ0n) is 17.8. The molecule has 3 N–H and O–H groups in total. The summed E-state index contributed by atoms with van der Waals surface area (Å²) in [7, 11) is 0. The Morgan fingerprint density at radius 2 is 1.97 bits per heavy atom. The van der Waals surface area contributed by atoms with Crippen LogP contribution in [0.1, 0.15) is 51.2 Å². The van der Waals surface area contributed by atoms with Crippen molar-refractivity contribution in [2.75, 3.05) is 26.2 Å². The molecule has 0 aromatic heterocycles. The number of carbonyl (C=O) groups excluding carboxylic acids is 1. The van der Waals surface area contributed by atoms with Crippen LogP contribution in [-0.2, 0) is 16.4 Å². The molecule has 1 aliphatic heterocycles. The number of amides is 1. The number of nitrogens with zero attached hydrogens (tertiary/aromatic N) is 2. The normalized spacial score (nSPS) is 18.0. The van der Waals surface area contributed by atoms with Gasteiger partial charge in [-0.2, -0.15) is 13.2 Å². The molecular weight excluding hydrogens is 508 g/mol. The molecule has 0 aliphatic carbocycles. The first-order valence-electron chi connectivity index (χ1n) is 10.0. The smallest absolute Gasteiger partial charge is 0.370 e. The number of carbonyl (C=O) groups is 1. The molecule has 5 nitrogen and oxygen atoms in total. The number of primary amides is 1. The first kappa shape index (κ1) is 26.5. The number of nitrogens with one attached hydrogen (secondary N) is 1. The lowest BCUT2D eigenvalue weighted by atomic mass is 9.84. The maximum Gasteiger partial charge on any atom is 0.416 e. The summed E-state index contributed by atoms with van der Waals surface area (Å²) in [5.41, 5.74) is 4.72. The Morgan fingerprint density at radius 3 is 2.57 bits per heavy atom. The topological polar surface area (TPSA) is 70.7 Å². The van der Waals surface area contributed by atoms with E-state index in [9.17, 15) is 18.0 Å². The minimum atomic E-state index is -4.37. The number of rotatable bonds is 6. The maximum absolute atomic E-state index is 13.1. The molecule has 1 amide bonds. The third-order valence-electron chi connectivity index (χ3n) is 5.24. The van der Waals surface area contributed by atoms with Crippen LogP contribution in [0.25, 0.3) is 0 Å². The van der Waals surface area contributed by atoms with Crippen LogP contribution in [0.15, 0.2) is 29.3 Å². The summed E-state index contributed by atoms with van der Waals surface area (Å²) < 4.78 is 39.2. The molecule has 1 aromatic rings. The highest BCUT2D eigenvalue weighted by atomic mass is 127. The molecule has 1 atom stereocenters. The molecule has 9 heteroatoms. The van der Waals surface area contributed by atoms with Gasteiger partial charge in [-0.15, -0.1) is 24.0 Å². The van der Waals surface area contributed by atoms with Gasteiger partial charge < -0.3 is 16.0 Å². The van der Waals surface area contributed by atoms with Crippen LogP contribution in [0.3, 0.4) is 0 Å². The minimum absolute atomic E-state index is 0. The highest BCUT2D eigenvalue weighted by molar-refractivity contribution is 14.0. The van der Waals surface area contributed by atoms with Crippen molar-refractivity contribution in [3.8, 4) is 0 Å². The van der Waals surface area contributed by atoms with Crippen molar-refractivity contribution in [2.24, 2.45) is 16.6 Å². The van der Waals surface area contributed by atoms with Crippen LogP contribution in [0.5, 0.6) is 0 Å². The van der Waals surface area contributed by atoms with E-state index in [1.54, 1.807) is 6.07 Å². The van der Waals surface area contributed by atoms with Gasteiger partial charge in [-0.3, -0.25) is 9.79 Å². The van der Waals surface area contributed by atoms with Crippen LogP contribution in [0, 0.1) is 5.92 Å². The Labute approximate surface area is 193 Å². The summed E-state index contributed by atoms with van der Waals surface area (Å²) in [6.07, 6.45) is -2.12. The van der Waals surface area contributed by atoms with Gasteiger partial charge in [0.25, 0.3) is 0 Å². The van der Waals surface area contributed by atoms with E-state index in [0.717, 1.165) is 31.4 Å². The fourth-order valence-electron chi connectivity index (χ4n) is 3.61. The number of nitrogens with two attached hydrogens (primary N) is 1. The third kappa shape index (κ3) is 7.63. The van der Waals surface area contributed by atoms with E-state index in [0.29, 0.717) is 31.6 Å². The number of hydrogen-bond donors (Lipinski definition) is 2. The first-order chi connectivity index (χ1) is 13.5. The fraction of sp³-hybridized carbons (Fsp3) is 0.619. The molecule has 1 aliphatic rings. The molecule has 1 aromatic carbocycles. The van der Waals surface area contributed by atoms with Crippen molar-refractivity contribution in [3.63, 3.8) is 0 Å². The van der Waals surface area contributed by atoms with Crippen molar-refractivity contribution in [3.05, 3.63) is 35.4 Å². The largest absolute Gasteiger partial charge is 0.416 e. The molecule has 0 bridgehead atoms. The first-order valence-corrected chi connectivity index (χ1v) is 10.0. The molecule has 1 fully saturated rings. The van der Waals surface area contributed by atoms with E-state index >= 15 is 0 Å². The average molecular weight is 540 g/mol. The van der Waals surface area contributed by atoms with Crippen LogP contribution in [-0.4, -0.2) is 42.9 Å². The van der Waals surface area contributed by atoms with Gasteiger partial charge in [0, 0.05) is 31.5 Å². The monoisotopic (exact) mass is 540 g/mol. The second kappa shape index (κ2) is 11.2. The molecule has 30 heavy (non-hydrogen) atoms. The lowest BCUT2D eigenvalue weighted by molar-refractivity contribution is -0.137. The summed E-state index contributed by atoms with van der Waals surface area (Å²) in [5.74, 6) is 0.618. The summed E-state index contributed by atoms with van der Waals surface area (Å²) >= 11 is 0. The molecule has 0 saturated carbocycles. The number of alkyl halides is 3. The fourth-order valence-corrected chi connectivity index (χ4v) is 3.61. The number of aliphatic imine (C=N–C) groups is 1. The van der Waals surface area contributed by atoms with Gasteiger partial charge in [0.1, 0.15) is 0 Å². The van der Waals surface area contributed by atoms with Gasteiger partial charge in [0.15, 0.2) is 5.96 Å². The summed E-state index contributed by atoms with van der Waals surface area (Å²) in [5, 5.41) is 3.27. The Morgan fingerprint density at radius 1 is 1.30 bits per heavy atom. The quantitative estimate of drug-likeness (QED) is 0.324. The second-order valence-corrected chi connectivity index (χ2v) is 8.26. The molecule has 1 unspecified atom stereocenters. The molecule has 0 spiro atoms. The van der Waals surface area contributed by atoms with Crippen molar-refractivity contribution >= 4 is 35.8 Å². The number of likely N-dealkylation sites (tertiary alicyclic amines) is 1. The third-order valence-corrected chi connectivity index (χ3v) is 5.24. The van der Waals surface area contributed by atoms with Crippen LogP contribution in [0.2, 0.25) is 0 Å². The van der Waals surface area contributed by atoms with E-state index in [1.807, 2.05) is 20.8 Å². The molecule has 0 radical (unpaired) electrons. The number of benzene rings is 1. The number of guanidine groups is 1. The molecule has 2 rings (SSSR count). The molecule has 1 heterocycles. The van der Waals surface area contributed by atoms with Crippen molar-refractivity contribution < 1.29 is 18.0 Å². The standard InChI is InChI=1S/C21H31F3N4O.HI/c1-4-26-19(28-10-6-7-15(13-28)11-18(25)29)27-14-20(2,3)16-8-5-9-17(12-16)21(22,23)24;/h5,8-9,12,15H,4,6-7,10-11,13-14H2,1-3H3,(H2,25,29)(H,26,27);1H. The Kier molecular flexibility index (Phi) is 9.90. The van der Waals surface area contributed by atoms with E-state index in [1.165, 1.54) is 12.1 Å². The SMILES string of the molecule is CCNC(=NCC(C)(C)c1cccc(C(F)(F)F)c1)N1CCCC(CC(N)=O)C1.I. The van der Waals surface area contributed by atoms with E-state index in [-0.39, 0.29) is 35.8 Å². The Hall–Kier alpha value is -1.52. The predicted molar refractivity (Wildman–Crippen MR) is 124 cm³/mol. The summed E-state index contributed by atoms with van der Waals surface area (Å²) in [4.78, 5) is 18.1. The highest BCUT2D eigenvalue weighted by Crippen LogP contribution is 2.33. The van der Waals surface area contributed by atoms with Gasteiger partial charge in [0.05, 0.1) is 12.1 Å². The lowest BCUT2D eigenvalue weighted by Gasteiger charge is -2.35. The second-order valence-electron chi connectivity index (χ2n) is 8.26. The predicted octanol–water partition coefficient (Wildman–Crippen LogP) is 4.15. The summed E-state index contributed by atoms with van der Waals surface area (Å²) in [6.45, 7) is 8.29. The van der Waals surface area contributed by atoms with Crippen LogP contribution in [0.4, 0.5) is 13.2 Å². The van der Waals surface area contributed by atoms with Gasteiger partial charge >= 0.3 is 6.18 Å². The highest BCUT2D eigenvalue weighted by Gasteiger charge is 2.32. The van der Waals surface area contributed by atoms with Crippen LogP contribution < -0.4 is 11.1 Å². The van der Waals surface area contributed by atoms with Gasteiger partial charge in [0.2, 0.25) is 5.91 Å². The molecule has 170 valence electrons. The van der Waals surface area contributed by atoms with E-state index in [2.05, 4.69) is 10.2 Å². The summed E-state index contributed by atoms with van der Waals surface area (Å²) in [6, 6.07) is 5.43. The van der Waals surface area contributed by atoms with Crippen molar-refractivity contribution in [2.45, 2.75) is 51.6 Å². The average Bonchev–Trinajstić information content (AvgIpc) is 2.64.